The van der Waals surface area contributed by atoms with Crippen molar-refractivity contribution in [2.24, 2.45) is 4.99 Å². The molecule has 0 amide bonds. The molecule has 4 atom stereocenters. The van der Waals surface area contributed by atoms with Crippen molar-refractivity contribution in [2.45, 2.75) is 121 Å². The minimum absolute atomic E-state index is 0.0321. The van der Waals surface area contributed by atoms with Gasteiger partial charge in [-0.25, -0.2) is 15.0 Å². The molecule has 0 saturated heterocycles. The van der Waals surface area contributed by atoms with Crippen LogP contribution in [0.3, 0.4) is 0 Å². The lowest BCUT2D eigenvalue weighted by Gasteiger charge is -2.43. The standard InChI is InChI=1S/C41H47N13/c1-4-32-40-49-47-25(3)51(40)35-24-44-36(26-18-21-42-22-19-26)46-39(35)53(32)29-17-16-27(23-29)37-48-50-41-33(5-2)52(28-11-6-7-12-28)38-34(54(37)41)15-9-8-13-31(45-38)30-14-10-20-43-30/h10,13-15,18-22,24,27-29,32-33,43H,4-9,11-12,16-17,23H2,1-3H3. The lowest BCUT2D eigenvalue weighted by atomic mass is 9.99. The number of fused-ring (bicyclic) bond motifs is 6. The number of aromatic nitrogens is 10. The average Bonchev–Trinajstić information content (AvgIpc) is 4.05. The van der Waals surface area contributed by atoms with Crippen molar-refractivity contribution in [3.63, 3.8) is 0 Å². The molecule has 8 heterocycles. The first-order valence-electron chi connectivity index (χ1n) is 20.0. The summed E-state index contributed by atoms with van der Waals surface area (Å²) in [5, 5.41) is 19.4. The number of aromatic amines is 1. The Labute approximate surface area is 315 Å². The number of aliphatic imine (C=N–C) groups is 1. The van der Waals surface area contributed by atoms with Gasteiger partial charge >= 0.3 is 0 Å². The van der Waals surface area contributed by atoms with E-state index in [0.29, 0.717) is 11.9 Å². The minimum Gasteiger partial charge on any atom is -0.360 e. The van der Waals surface area contributed by atoms with Crippen LogP contribution in [0.25, 0.3) is 28.5 Å². The van der Waals surface area contributed by atoms with Crippen LogP contribution in [0.15, 0.2) is 66.2 Å². The van der Waals surface area contributed by atoms with E-state index in [0.717, 1.165) is 108 Å². The molecule has 10 rings (SSSR count). The van der Waals surface area contributed by atoms with Crippen LogP contribution in [0, 0.1) is 6.92 Å². The molecule has 4 unspecified atom stereocenters. The molecule has 276 valence electrons. The van der Waals surface area contributed by atoms with Crippen molar-refractivity contribution in [3.05, 3.63) is 90.2 Å². The number of rotatable bonds is 7. The number of H-pyrrole nitrogens is 1. The van der Waals surface area contributed by atoms with Gasteiger partial charge in [-0.1, -0.05) is 38.8 Å². The normalized spacial score (nSPS) is 23.9. The first-order chi connectivity index (χ1) is 26.6. The van der Waals surface area contributed by atoms with Crippen molar-refractivity contribution < 1.29 is 0 Å². The molecule has 0 spiro atoms. The summed E-state index contributed by atoms with van der Waals surface area (Å²) in [7, 11) is 0. The molecule has 0 aromatic carbocycles. The van der Waals surface area contributed by atoms with Gasteiger partial charge < -0.3 is 14.8 Å². The maximum absolute atomic E-state index is 5.55. The lowest BCUT2D eigenvalue weighted by molar-refractivity contribution is 0.217. The monoisotopic (exact) mass is 721 g/mol. The fourth-order valence-corrected chi connectivity index (χ4v) is 9.86. The largest absolute Gasteiger partial charge is 0.360 e. The van der Waals surface area contributed by atoms with E-state index >= 15 is 0 Å². The van der Waals surface area contributed by atoms with E-state index in [1.807, 2.05) is 31.5 Å². The van der Waals surface area contributed by atoms with E-state index in [1.165, 1.54) is 25.7 Å². The molecule has 13 heteroatoms. The zero-order valence-electron chi connectivity index (χ0n) is 31.3. The number of hydrogen-bond acceptors (Lipinski definition) is 10. The summed E-state index contributed by atoms with van der Waals surface area (Å²) in [5.41, 5.74) is 5.11. The first-order valence-corrected chi connectivity index (χ1v) is 20.0. The van der Waals surface area contributed by atoms with Gasteiger partial charge in [0.2, 0.25) is 0 Å². The predicted molar refractivity (Wildman–Crippen MR) is 208 cm³/mol. The zero-order valence-corrected chi connectivity index (χ0v) is 31.3. The number of nitrogens with one attached hydrogen (secondary N) is 1. The number of aryl methyl sites for hydroxylation is 1. The second-order valence-corrected chi connectivity index (χ2v) is 15.4. The van der Waals surface area contributed by atoms with Crippen LogP contribution < -0.4 is 4.90 Å². The van der Waals surface area contributed by atoms with Crippen LogP contribution in [-0.4, -0.2) is 72.3 Å². The highest BCUT2D eigenvalue weighted by molar-refractivity contribution is 6.20. The summed E-state index contributed by atoms with van der Waals surface area (Å²) in [6, 6.07) is 8.94. The van der Waals surface area contributed by atoms with Crippen LogP contribution in [0.4, 0.5) is 5.82 Å². The number of allylic oxidation sites excluding steroid dienone is 2. The number of anilines is 1. The smallest absolute Gasteiger partial charge is 0.161 e. The molecule has 2 fully saturated rings. The number of hydrogen-bond donors (Lipinski definition) is 1. The van der Waals surface area contributed by atoms with Crippen LogP contribution >= 0.6 is 0 Å². The summed E-state index contributed by atoms with van der Waals surface area (Å²) in [6.45, 7) is 6.54. The highest BCUT2D eigenvalue weighted by Gasteiger charge is 2.46. The molecule has 3 aliphatic heterocycles. The molecule has 54 heavy (non-hydrogen) atoms. The third-order valence-corrected chi connectivity index (χ3v) is 12.3. The molecule has 5 aliphatic rings. The van der Waals surface area contributed by atoms with Crippen LogP contribution in [-0.2, 0) is 0 Å². The maximum Gasteiger partial charge on any atom is 0.161 e. The van der Waals surface area contributed by atoms with E-state index in [2.05, 4.69) is 72.1 Å². The van der Waals surface area contributed by atoms with Gasteiger partial charge in [-0.05, 0) is 89.0 Å². The highest BCUT2D eigenvalue weighted by atomic mass is 15.4. The summed E-state index contributed by atoms with van der Waals surface area (Å²) in [4.78, 5) is 28.5. The molecule has 1 N–H and O–H groups in total. The van der Waals surface area contributed by atoms with E-state index in [9.17, 15) is 0 Å². The molecule has 2 saturated carbocycles. The van der Waals surface area contributed by atoms with Gasteiger partial charge in [0, 0.05) is 42.2 Å². The van der Waals surface area contributed by atoms with E-state index in [4.69, 9.17) is 30.3 Å². The second kappa shape index (κ2) is 13.4. The Kier molecular flexibility index (Phi) is 8.24. The fraction of sp³-hybridized carbons (Fsp3) is 0.463. The van der Waals surface area contributed by atoms with Gasteiger partial charge in [0.1, 0.15) is 17.3 Å². The summed E-state index contributed by atoms with van der Waals surface area (Å²) in [6.07, 6.45) is 23.7. The molecule has 13 nitrogen and oxygen atoms in total. The molecule has 2 aliphatic carbocycles. The Balaban J connectivity index is 1.05. The van der Waals surface area contributed by atoms with Crippen LogP contribution in [0.2, 0.25) is 0 Å². The zero-order chi connectivity index (χ0) is 36.3. The van der Waals surface area contributed by atoms with E-state index in [1.54, 1.807) is 12.4 Å². The molecule has 5 aromatic heterocycles. The molecular formula is C41H47N13. The van der Waals surface area contributed by atoms with Crippen molar-refractivity contribution in [1.82, 2.24) is 54.4 Å². The second-order valence-electron chi connectivity index (χ2n) is 15.4. The Morgan fingerprint density at radius 2 is 1.56 bits per heavy atom. The van der Waals surface area contributed by atoms with E-state index in [-0.39, 0.29) is 24.0 Å². The number of nitrogens with zero attached hydrogens (tertiary/aromatic N) is 12. The third-order valence-electron chi connectivity index (χ3n) is 12.3. The van der Waals surface area contributed by atoms with Gasteiger partial charge in [-0.15, -0.1) is 20.4 Å². The fourth-order valence-electron chi connectivity index (χ4n) is 9.86. The van der Waals surface area contributed by atoms with Gasteiger partial charge in [-0.2, -0.15) is 0 Å². The van der Waals surface area contributed by atoms with Gasteiger partial charge in [0.05, 0.1) is 35.4 Å². The van der Waals surface area contributed by atoms with Crippen molar-refractivity contribution in [1.29, 1.82) is 0 Å². The SMILES string of the molecule is CCC1c2nnc(C3CCC(N4c5nc(-c6ccncc6)ncc5-n5c(C)nnc5C4CC)C3)n2C2=CCCC=C(c3ccc[nH]3)N=C2N1C1CCCC1. The predicted octanol–water partition coefficient (Wildman–Crippen LogP) is 7.74. The lowest BCUT2D eigenvalue weighted by Crippen LogP contribution is -2.47. The van der Waals surface area contributed by atoms with Crippen LogP contribution in [0.1, 0.15) is 131 Å². The first kappa shape index (κ1) is 33.1. The average molecular weight is 722 g/mol. The quantitative estimate of drug-likeness (QED) is 0.179. The number of amidine groups is 1. The Morgan fingerprint density at radius 1 is 0.796 bits per heavy atom. The van der Waals surface area contributed by atoms with Crippen molar-refractivity contribution in [3.8, 4) is 17.1 Å². The Morgan fingerprint density at radius 3 is 2.35 bits per heavy atom. The molecule has 0 bridgehead atoms. The molecule has 0 radical (unpaired) electrons. The van der Waals surface area contributed by atoms with Gasteiger partial charge in [-0.3, -0.25) is 14.1 Å². The summed E-state index contributed by atoms with van der Waals surface area (Å²) in [5.74, 6) is 6.85. The summed E-state index contributed by atoms with van der Waals surface area (Å²) < 4.78 is 4.57. The van der Waals surface area contributed by atoms with Crippen LogP contribution in [0.5, 0.6) is 0 Å². The molecule has 5 aromatic rings. The third kappa shape index (κ3) is 5.25. The van der Waals surface area contributed by atoms with E-state index < -0.39 is 0 Å². The molecular weight excluding hydrogens is 675 g/mol. The highest BCUT2D eigenvalue weighted by Crippen LogP contribution is 2.48. The van der Waals surface area contributed by atoms with Gasteiger partial charge in [0.15, 0.2) is 29.1 Å². The minimum atomic E-state index is 0.0321. The maximum atomic E-state index is 5.55. The summed E-state index contributed by atoms with van der Waals surface area (Å²) >= 11 is 0. The Hall–Kier alpha value is -5.46. The Bertz CT molecular complexity index is 2260. The van der Waals surface area contributed by atoms with Crippen molar-refractivity contribution in [2.75, 3.05) is 4.90 Å². The number of pyridine rings is 1. The van der Waals surface area contributed by atoms with Gasteiger partial charge in [0.25, 0.3) is 0 Å². The topological polar surface area (TPSA) is 135 Å². The van der Waals surface area contributed by atoms with Crippen molar-refractivity contribution >= 4 is 23.0 Å².